The van der Waals surface area contributed by atoms with Crippen LogP contribution in [0.25, 0.3) is 16.5 Å². The summed E-state index contributed by atoms with van der Waals surface area (Å²) in [5.41, 5.74) is 4.85. The molecule has 3 aromatic rings. The van der Waals surface area contributed by atoms with Gasteiger partial charge in [-0.3, -0.25) is 9.78 Å². The van der Waals surface area contributed by atoms with Crippen molar-refractivity contribution in [2.45, 2.75) is 19.4 Å². The molecule has 0 radical (unpaired) electrons. The molecule has 2 heterocycles. The van der Waals surface area contributed by atoms with Gasteiger partial charge in [-0.15, -0.1) is 0 Å². The molecule has 8 nitrogen and oxygen atoms in total. The van der Waals surface area contributed by atoms with Crippen molar-refractivity contribution in [3.05, 3.63) is 72.5 Å². The van der Waals surface area contributed by atoms with Crippen LogP contribution in [0.4, 0.5) is 17.1 Å². The number of carbonyl (C=O) groups is 1. The SMILES string of the molecule is C=C(C)c1cccc(Nc2c(C#N)cnc3cc(OC4CCOC4)c(NC(=O)C=CCN(C)C)cc23)c1. The quantitative estimate of drug-likeness (QED) is 0.397. The summed E-state index contributed by atoms with van der Waals surface area (Å²) in [5, 5.41) is 16.8. The Bertz CT molecular complexity index is 1380. The number of likely N-dealkylation sites (N-methyl/N-ethyl adjacent to an activating group) is 1. The summed E-state index contributed by atoms with van der Waals surface area (Å²) in [5.74, 6) is 0.228. The molecule has 8 heteroatoms. The second-order valence-corrected chi connectivity index (χ2v) is 9.27. The van der Waals surface area contributed by atoms with Crippen molar-refractivity contribution in [1.82, 2.24) is 9.88 Å². The van der Waals surface area contributed by atoms with Gasteiger partial charge in [0.05, 0.1) is 35.7 Å². The Balaban J connectivity index is 1.77. The molecule has 1 saturated heterocycles. The van der Waals surface area contributed by atoms with E-state index in [1.54, 1.807) is 18.2 Å². The second-order valence-electron chi connectivity index (χ2n) is 9.27. The minimum atomic E-state index is -0.276. The predicted octanol–water partition coefficient (Wildman–Crippen LogP) is 5.11. The molecule has 0 aliphatic carbocycles. The second kappa shape index (κ2) is 11.7. The van der Waals surface area contributed by atoms with Crippen molar-refractivity contribution in [2.24, 2.45) is 0 Å². The number of fused-ring (bicyclic) bond motifs is 1. The number of amides is 1. The molecule has 37 heavy (non-hydrogen) atoms. The number of pyridine rings is 1. The van der Waals surface area contributed by atoms with E-state index in [1.807, 2.05) is 50.2 Å². The van der Waals surface area contributed by atoms with Crippen LogP contribution in [-0.4, -0.2) is 55.7 Å². The molecular formula is C29H31N5O3. The monoisotopic (exact) mass is 497 g/mol. The third kappa shape index (κ3) is 6.53. The lowest BCUT2D eigenvalue weighted by Crippen LogP contribution is -2.18. The molecule has 1 aromatic heterocycles. The van der Waals surface area contributed by atoms with Gasteiger partial charge in [0.2, 0.25) is 5.91 Å². The zero-order valence-electron chi connectivity index (χ0n) is 21.4. The highest BCUT2D eigenvalue weighted by molar-refractivity contribution is 6.05. The molecular weight excluding hydrogens is 466 g/mol. The van der Waals surface area contributed by atoms with Crippen LogP contribution in [0.5, 0.6) is 5.75 Å². The summed E-state index contributed by atoms with van der Waals surface area (Å²) < 4.78 is 11.7. The summed E-state index contributed by atoms with van der Waals surface area (Å²) in [7, 11) is 3.86. The van der Waals surface area contributed by atoms with Crippen LogP contribution in [0.15, 0.2) is 61.3 Å². The summed E-state index contributed by atoms with van der Waals surface area (Å²) in [6.07, 6.45) is 5.48. The van der Waals surface area contributed by atoms with Gasteiger partial charge in [0.25, 0.3) is 0 Å². The number of ether oxygens (including phenoxy) is 2. The minimum absolute atomic E-state index is 0.113. The molecule has 1 fully saturated rings. The highest BCUT2D eigenvalue weighted by Gasteiger charge is 2.21. The third-order valence-corrected chi connectivity index (χ3v) is 5.89. The van der Waals surface area contributed by atoms with E-state index in [9.17, 15) is 10.1 Å². The summed E-state index contributed by atoms with van der Waals surface area (Å²) in [4.78, 5) is 19.2. The number of allylic oxidation sites excluding steroid dienone is 1. The number of carbonyl (C=O) groups excluding carboxylic acids is 1. The number of nitriles is 1. The molecule has 0 spiro atoms. The lowest BCUT2D eigenvalue weighted by molar-refractivity contribution is -0.111. The fourth-order valence-corrected chi connectivity index (χ4v) is 3.97. The maximum Gasteiger partial charge on any atom is 0.248 e. The van der Waals surface area contributed by atoms with Crippen LogP contribution in [0.1, 0.15) is 24.5 Å². The summed E-state index contributed by atoms with van der Waals surface area (Å²) in [6, 6.07) is 13.6. The molecule has 1 unspecified atom stereocenters. The first-order valence-electron chi connectivity index (χ1n) is 12.1. The van der Waals surface area contributed by atoms with Gasteiger partial charge in [0.1, 0.15) is 17.9 Å². The van der Waals surface area contributed by atoms with Crippen molar-refractivity contribution in [2.75, 3.05) is 44.5 Å². The highest BCUT2D eigenvalue weighted by atomic mass is 16.5. The fraction of sp³-hybridized carbons (Fsp3) is 0.276. The maximum absolute atomic E-state index is 12.7. The molecule has 1 aliphatic rings. The van der Waals surface area contributed by atoms with Gasteiger partial charge in [0.15, 0.2) is 0 Å². The van der Waals surface area contributed by atoms with E-state index in [4.69, 9.17) is 9.47 Å². The Morgan fingerprint density at radius 3 is 2.89 bits per heavy atom. The smallest absolute Gasteiger partial charge is 0.248 e. The Morgan fingerprint density at radius 1 is 1.35 bits per heavy atom. The lowest BCUT2D eigenvalue weighted by Gasteiger charge is -2.18. The van der Waals surface area contributed by atoms with Crippen molar-refractivity contribution >= 4 is 39.4 Å². The average Bonchev–Trinajstić information content (AvgIpc) is 3.38. The van der Waals surface area contributed by atoms with Crippen LogP contribution < -0.4 is 15.4 Å². The van der Waals surface area contributed by atoms with Gasteiger partial charge in [0, 0.05) is 42.4 Å². The van der Waals surface area contributed by atoms with Crippen LogP contribution in [0, 0.1) is 11.3 Å². The average molecular weight is 498 g/mol. The zero-order chi connectivity index (χ0) is 26.4. The van der Waals surface area contributed by atoms with Crippen molar-refractivity contribution in [3.8, 4) is 11.8 Å². The van der Waals surface area contributed by atoms with Crippen LogP contribution in [0.3, 0.4) is 0 Å². The van der Waals surface area contributed by atoms with Crippen molar-refractivity contribution in [1.29, 1.82) is 5.26 Å². The lowest BCUT2D eigenvalue weighted by atomic mass is 10.1. The molecule has 0 saturated carbocycles. The molecule has 4 rings (SSSR count). The van der Waals surface area contributed by atoms with Gasteiger partial charge >= 0.3 is 0 Å². The molecule has 0 bridgehead atoms. The van der Waals surface area contributed by atoms with E-state index in [-0.39, 0.29) is 12.0 Å². The first-order chi connectivity index (χ1) is 17.8. The normalized spacial score (nSPS) is 15.2. The van der Waals surface area contributed by atoms with E-state index < -0.39 is 0 Å². The van der Waals surface area contributed by atoms with Gasteiger partial charge in [-0.05, 0) is 44.8 Å². The number of hydrogen-bond acceptors (Lipinski definition) is 7. The third-order valence-electron chi connectivity index (χ3n) is 5.89. The van der Waals surface area contributed by atoms with E-state index in [1.165, 1.54) is 12.3 Å². The Labute approximate surface area is 217 Å². The van der Waals surface area contributed by atoms with E-state index in [2.05, 4.69) is 28.3 Å². The molecule has 190 valence electrons. The van der Waals surface area contributed by atoms with Crippen molar-refractivity contribution < 1.29 is 14.3 Å². The number of benzene rings is 2. The first kappa shape index (κ1) is 25.9. The molecule has 2 aromatic carbocycles. The number of anilines is 3. The highest BCUT2D eigenvalue weighted by Crippen LogP contribution is 2.37. The van der Waals surface area contributed by atoms with Gasteiger partial charge in [-0.1, -0.05) is 30.4 Å². The summed E-state index contributed by atoms with van der Waals surface area (Å²) >= 11 is 0. The van der Waals surface area contributed by atoms with Crippen LogP contribution >= 0.6 is 0 Å². The minimum Gasteiger partial charge on any atom is -0.486 e. The maximum atomic E-state index is 12.7. The van der Waals surface area contributed by atoms with Gasteiger partial charge in [-0.2, -0.15) is 5.26 Å². The Morgan fingerprint density at radius 2 is 2.19 bits per heavy atom. The van der Waals surface area contributed by atoms with E-state index in [0.717, 1.165) is 23.2 Å². The standard InChI is InChI=1S/C29H31N5O3/c1-19(2)20-7-5-8-22(13-20)32-29-21(16-30)17-31-25-15-27(37-23-10-12-36-18-23)26(14-24(25)29)33-28(35)9-6-11-34(3)4/h5-9,13-15,17,23H,1,10-12,18H2,2-4H3,(H,31,32)(H,33,35). The first-order valence-corrected chi connectivity index (χ1v) is 12.1. The number of aromatic nitrogens is 1. The Kier molecular flexibility index (Phi) is 8.18. The van der Waals surface area contributed by atoms with Crippen LogP contribution in [0.2, 0.25) is 0 Å². The number of hydrogen-bond donors (Lipinski definition) is 2. The molecule has 1 atom stereocenters. The number of nitrogens with one attached hydrogen (secondary N) is 2. The topological polar surface area (TPSA) is 99.5 Å². The zero-order valence-corrected chi connectivity index (χ0v) is 21.4. The molecule has 2 N–H and O–H groups in total. The predicted molar refractivity (Wildman–Crippen MR) is 147 cm³/mol. The van der Waals surface area contributed by atoms with Gasteiger partial charge < -0.3 is 25.0 Å². The van der Waals surface area contributed by atoms with Crippen molar-refractivity contribution in [3.63, 3.8) is 0 Å². The number of rotatable bonds is 9. The largest absolute Gasteiger partial charge is 0.486 e. The number of nitrogens with zero attached hydrogens (tertiary/aromatic N) is 3. The molecule has 1 amide bonds. The Hall–Kier alpha value is -4.19. The van der Waals surface area contributed by atoms with E-state index >= 15 is 0 Å². The van der Waals surface area contributed by atoms with E-state index in [0.29, 0.717) is 53.3 Å². The van der Waals surface area contributed by atoms with Gasteiger partial charge in [-0.25, -0.2) is 0 Å². The molecule has 1 aliphatic heterocycles. The summed E-state index contributed by atoms with van der Waals surface area (Å²) in [6.45, 7) is 7.72. The van der Waals surface area contributed by atoms with Crippen LogP contribution in [-0.2, 0) is 9.53 Å². The fourth-order valence-electron chi connectivity index (χ4n) is 3.97.